The molecule has 0 amide bonds. The molecule has 0 aromatic heterocycles. The molecule has 100 valence electrons. The van der Waals surface area contributed by atoms with Gasteiger partial charge < -0.3 is 9.84 Å². The van der Waals surface area contributed by atoms with Gasteiger partial charge in [0.2, 0.25) is 0 Å². The standard InChI is InChI=1S/C16H12O4/c17-15(18)16(19)20-9-14-12-7-3-1-5-10(12)11-6-2-4-8-13(11)14/h1-8,14H,9H2,(H,17,18). The zero-order chi connectivity index (χ0) is 14.1. The Morgan fingerprint density at radius 1 is 0.950 bits per heavy atom. The van der Waals surface area contributed by atoms with Gasteiger partial charge in [-0.25, -0.2) is 9.59 Å². The van der Waals surface area contributed by atoms with Gasteiger partial charge in [0.05, 0.1) is 0 Å². The molecule has 2 aromatic carbocycles. The Morgan fingerprint density at radius 3 is 1.95 bits per heavy atom. The molecule has 1 N–H and O–H groups in total. The lowest BCUT2D eigenvalue weighted by molar-refractivity contribution is -0.164. The quantitative estimate of drug-likeness (QED) is 0.671. The van der Waals surface area contributed by atoms with Crippen LogP contribution in [-0.4, -0.2) is 23.7 Å². The average Bonchev–Trinajstić information content (AvgIpc) is 2.79. The molecule has 0 unspecified atom stereocenters. The molecule has 3 rings (SSSR count). The van der Waals surface area contributed by atoms with Crippen molar-refractivity contribution in [1.29, 1.82) is 0 Å². The van der Waals surface area contributed by atoms with E-state index in [1.165, 1.54) is 0 Å². The van der Waals surface area contributed by atoms with Crippen molar-refractivity contribution in [1.82, 2.24) is 0 Å². The van der Waals surface area contributed by atoms with E-state index in [1.807, 2.05) is 48.5 Å². The van der Waals surface area contributed by atoms with Gasteiger partial charge in [-0.2, -0.15) is 0 Å². The van der Waals surface area contributed by atoms with E-state index in [2.05, 4.69) is 0 Å². The Balaban J connectivity index is 1.95. The van der Waals surface area contributed by atoms with Gasteiger partial charge in [-0.05, 0) is 22.3 Å². The van der Waals surface area contributed by atoms with Gasteiger partial charge in [0.25, 0.3) is 0 Å². The molecule has 0 bridgehead atoms. The second kappa shape index (κ2) is 4.81. The van der Waals surface area contributed by atoms with Crippen molar-refractivity contribution in [3.63, 3.8) is 0 Å². The number of carbonyl (C=O) groups is 2. The highest BCUT2D eigenvalue weighted by molar-refractivity contribution is 6.28. The molecule has 0 heterocycles. The minimum absolute atomic E-state index is 0.0408. The summed E-state index contributed by atoms with van der Waals surface area (Å²) < 4.78 is 4.86. The molecular weight excluding hydrogens is 256 g/mol. The maximum absolute atomic E-state index is 11.1. The third-order valence-corrected chi connectivity index (χ3v) is 3.52. The normalized spacial score (nSPS) is 12.6. The van der Waals surface area contributed by atoms with Crippen molar-refractivity contribution in [2.45, 2.75) is 5.92 Å². The van der Waals surface area contributed by atoms with Crippen LogP contribution < -0.4 is 0 Å². The van der Waals surface area contributed by atoms with Crippen molar-refractivity contribution >= 4 is 11.9 Å². The fourth-order valence-corrected chi connectivity index (χ4v) is 2.66. The lowest BCUT2D eigenvalue weighted by atomic mass is 9.98. The van der Waals surface area contributed by atoms with E-state index in [9.17, 15) is 9.59 Å². The Morgan fingerprint density at radius 2 is 1.45 bits per heavy atom. The number of carboxylic acid groups (broad SMARTS) is 1. The molecule has 0 aliphatic heterocycles. The highest BCUT2D eigenvalue weighted by Gasteiger charge is 2.29. The van der Waals surface area contributed by atoms with Crippen LogP contribution in [0.5, 0.6) is 0 Å². The van der Waals surface area contributed by atoms with Crippen molar-refractivity contribution < 1.29 is 19.4 Å². The predicted octanol–water partition coefficient (Wildman–Crippen LogP) is 2.43. The molecular formula is C16H12O4. The average molecular weight is 268 g/mol. The van der Waals surface area contributed by atoms with Gasteiger partial charge in [-0.3, -0.25) is 0 Å². The third-order valence-electron chi connectivity index (χ3n) is 3.52. The summed E-state index contributed by atoms with van der Waals surface area (Å²) in [7, 11) is 0. The molecule has 2 aromatic rings. The van der Waals surface area contributed by atoms with Gasteiger partial charge in [0.15, 0.2) is 0 Å². The SMILES string of the molecule is O=C(O)C(=O)OCC1c2ccccc2-c2ccccc21. The molecule has 4 nitrogen and oxygen atoms in total. The predicted molar refractivity (Wildman–Crippen MR) is 72.3 cm³/mol. The third kappa shape index (κ3) is 1.95. The molecule has 0 saturated carbocycles. The van der Waals surface area contributed by atoms with E-state index >= 15 is 0 Å². The number of hydrogen-bond donors (Lipinski definition) is 1. The highest BCUT2D eigenvalue weighted by Crippen LogP contribution is 2.44. The second-order valence-electron chi connectivity index (χ2n) is 4.63. The molecule has 0 spiro atoms. The fraction of sp³-hybridized carbons (Fsp3) is 0.125. The lowest BCUT2D eigenvalue weighted by Gasteiger charge is -2.12. The van der Waals surface area contributed by atoms with Gasteiger partial charge in [0, 0.05) is 5.92 Å². The van der Waals surface area contributed by atoms with Crippen LogP contribution >= 0.6 is 0 Å². The maximum Gasteiger partial charge on any atom is 0.417 e. The Bertz CT molecular complexity index is 645. The van der Waals surface area contributed by atoms with Crippen LogP contribution in [0.15, 0.2) is 48.5 Å². The number of fused-ring (bicyclic) bond motifs is 3. The lowest BCUT2D eigenvalue weighted by Crippen LogP contribution is -2.19. The fourth-order valence-electron chi connectivity index (χ4n) is 2.66. The summed E-state index contributed by atoms with van der Waals surface area (Å²) in [5.74, 6) is -2.89. The summed E-state index contributed by atoms with van der Waals surface area (Å²) in [4.78, 5) is 21.6. The van der Waals surface area contributed by atoms with E-state index in [0.717, 1.165) is 22.3 Å². The number of carbonyl (C=O) groups excluding carboxylic acids is 1. The zero-order valence-corrected chi connectivity index (χ0v) is 10.6. The molecule has 0 radical (unpaired) electrons. The summed E-state index contributed by atoms with van der Waals surface area (Å²) >= 11 is 0. The van der Waals surface area contributed by atoms with Crippen LogP contribution in [0.4, 0.5) is 0 Å². The van der Waals surface area contributed by atoms with E-state index in [1.54, 1.807) is 0 Å². The van der Waals surface area contributed by atoms with Crippen LogP contribution in [0.25, 0.3) is 11.1 Å². The number of ether oxygens (including phenoxy) is 1. The molecule has 20 heavy (non-hydrogen) atoms. The summed E-state index contributed by atoms with van der Waals surface area (Å²) in [5, 5.41) is 8.57. The van der Waals surface area contributed by atoms with Gasteiger partial charge in [-0.15, -0.1) is 0 Å². The topological polar surface area (TPSA) is 63.6 Å². The van der Waals surface area contributed by atoms with Crippen molar-refractivity contribution in [2.24, 2.45) is 0 Å². The largest absolute Gasteiger partial charge is 0.473 e. The number of benzene rings is 2. The van der Waals surface area contributed by atoms with Crippen LogP contribution in [0.1, 0.15) is 17.0 Å². The number of hydrogen-bond acceptors (Lipinski definition) is 3. The summed E-state index contributed by atoms with van der Waals surface area (Å²) in [5.41, 5.74) is 4.35. The van der Waals surface area contributed by atoms with Gasteiger partial charge in [-0.1, -0.05) is 48.5 Å². The van der Waals surface area contributed by atoms with E-state index in [4.69, 9.17) is 9.84 Å². The second-order valence-corrected chi connectivity index (χ2v) is 4.63. The van der Waals surface area contributed by atoms with Crippen LogP contribution in [0, 0.1) is 0 Å². The minimum Gasteiger partial charge on any atom is -0.473 e. The van der Waals surface area contributed by atoms with Crippen LogP contribution in [-0.2, 0) is 14.3 Å². The Hall–Kier alpha value is -2.62. The van der Waals surface area contributed by atoms with Gasteiger partial charge >= 0.3 is 11.9 Å². The number of carboxylic acids is 1. The molecule has 0 fully saturated rings. The first kappa shape index (κ1) is 12.4. The first-order valence-corrected chi connectivity index (χ1v) is 6.26. The summed E-state index contributed by atoms with van der Waals surface area (Å²) in [6, 6.07) is 15.8. The molecule has 0 atom stereocenters. The molecule has 1 aliphatic rings. The maximum atomic E-state index is 11.1. The summed E-state index contributed by atoms with van der Waals surface area (Å²) in [6.45, 7) is 0.0408. The number of aliphatic carboxylic acids is 1. The van der Waals surface area contributed by atoms with E-state index < -0.39 is 11.9 Å². The van der Waals surface area contributed by atoms with Crippen molar-refractivity contribution in [3.8, 4) is 11.1 Å². The minimum atomic E-state index is -1.57. The zero-order valence-electron chi connectivity index (χ0n) is 10.6. The van der Waals surface area contributed by atoms with Crippen LogP contribution in [0.2, 0.25) is 0 Å². The van der Waals surface area contributed by atoms with E-state index in [0.29, 0.717) is 0 Å². The Labute approximate surface area is 115 Å². The monoisotopic (exact) mass is 268 g/mol. The first-order chi connectivity index (χ1) is 9.68. The number of rotatable bonds is 2. The number of esters is 1. The van der Waals surface area contributed by atoms with Gasteiger partial charge in [0.1, 0.15) is 6.61 Å². The van der Waals surface area contributed by atoms with Crippen LogP contribution in [0.3, 0.4) is 0 Å². The first-order valence-electron chi connectivity index (χ1n) is 6.26. The summed E-state index contributed by atoms with van der Waals surface area (Å²) in [6.07, 6.45) is 0. The van der Waals surface area contributed by atoms with E-state index in [-0.39, 0.29) is 12.5 Å². The smallest absolute Gasteiger partial charge is 0.417 e. The molecule has 0 saturated heterocycles. The Kier molecular flexibility index (Phi) is 2.99. The van der Waals surface area contributed by atoms with Crippen molar-refractivity contribution in [3.05, 3.63) is 59.7 Å². The molecule has 1 aliphatic carbocycles. The highest BCUT2D eigenvalue weighted by atomic mass is 16.6. The molecule has 4 heteroatoms. The van der Waals surface area contributed by atoms with Crippen molar-refractivity contribution in [2.75, 3.05) is 6.61 Å².